The first kappa shape index (κ1) is 24.2. The molecule has 1 unspecified atom stereocenters. The Balaban J connectivity index is 1.39. The number of rotatable bonds is 7. The highest BCUT2D eigenvalue weighted by molar-refractivity contribution is 5.85. The van der Waals surface area contributed by atoms with Gasteiger partial charge in [-0.25, -0.2) is 0 Å². The summed E-state index contributed by atoms with van der Waals surface area (Å²) in [5.74, 6) is 1.42. The van der Waals surface area contributed by atoms with Gasteiger partial charge in [-0.3, -0.25) is 4.79 Å². The predicted molar refractivity (Wildman–Crippen MR) is 146 cm³/mol. The normalized spacial score (nSPS) is 18.7. The highest BCUT2D eigenvalue weighted by Crippen LogP contribution is 2.40. The summed E-state index contributed by atoms with van der Waals surface area (Å²) in [5.41, 5.74) is 5.75. The largest absolute Gasteiger partial charge is 0.344 e. The molecule has 1 aromatic heterocycles. The molecule has 3 heteroatoms. The molecule has 2 fully saturated rings. The molecule has 1 aliphatic carbocycles. The molecule has 1 aliphatic heterocycles. The van der Waals surface area contributed by atoms with Crippen molar-refractivity contribution < 1.29 is 4.79 Å². The van der Waals surface area contributed by atoms with Gasteiger partial charge >= 0.3 is 0 Å². The zero-order valence-electron chi connectivity index (χ0n) is 21.7. The molecular formula is C32H42N2O. The Morgan fingerprint density at radius 3 is 2.49 bits per heavy atom. The molecule has 0 spiro atoms. The number of likely N-dealkylation sites (tertiary alicyclic amines) is 1. The van der Waals surface area contributed by atoms with Gasteiger partial charge in [0.1, 0.15) is 0 Å². The Bertz CT molecular complexity index is 1130. The molecule has 1 amide bonds. The van der Waals surface area contributed by atoms with Gasteiger partial charge < -0.3 is 9.47 Å². The average Bonchev–Trinajstić information content (AvgIpc) is 3.27. The molecule has 3 aromatic rings. The second-order valence-electron chi connectivity index (χ2n) is 11.1. The maximum Gasteiger partial charge on any atom is 0.219 e. The van der Waals surface area contributed by atoms with Crippen LogP contribution in [0.3, 0.4) is 0 Å². The summed E-state index contributed by atoms with van der Waals surface area (Å²) in [6, 6.07) is 19.0. The van der Waals surface area contributed by atoms with E-state index >= 15 is 0 Å². The Kier molecular flexibility index (Phi) is 7.60. The maximum atomic E-state index is 11.7. The van der Waals surface area contributed by atoms with E-state index in [-0.39, 0.29) is 5.91 Å². The topological polar surface area (TPSA) is 25.2 Å². The number of aryl methyl sites for hydroxylation is 1. The van der Waals surface area contributed by atoms with Crippen molar-refractivity contribution in [3.8, 4) is 0 Å². The van der Waals surface area contributed by atoms with E-state index in [9.17, 15) is 4.79 Å². The van der Waals surface area contributed by atoms with E-state index in [2.05, 4.69) is 66.2 Å². The van der Waals surface area contributed by atoms with Gasteiger partial charge in [0, 0.05) is 49.1 Å². The minimum atomic E-state index is 0.234. The van der Waals surface area contributed by atoms with Gasteiger partial charge in [-0.05, 0) is 62.1 Å². The van der Waals surface area contributed by atoms with Gasteiger partial charge in [0.2, 0.25) is 5.91 Å². The molecule has 2 aliphatic rings. The van der Waals surface area contributed by atoms with Crippen LogP contribution in [-0.4, -0.2) is 28.5 Å². The summed E-state index contributed by atoms with van der Waals surface area (Å²) in [4.78, 5) is 13.7. The smallest absolute Gasteiger partial charge is 0.219 e. The third-order valence-corrected chi connectivity index (χ3v) is 8.72. The predicted octanol–water partition coefficient (Wildman–Crippen LogP) is 8.02. The summed E-state index contributed by atoms with van der Waals surface area (Å²) in [6.07, 6.45) is 15.3. The Hall–Kier alpha value is -2.55. The number of amides is 1. The van der Waals surface area contributed by atoms with Crippen molar-refractivity contribution in [2.75, 3.05) is 13.1 Å². The molecule has 2 aromatic carbocycles. The lowest BCUT2D eigenvalue weighted by Gasteiger charge is -2.31. The minimum absolute atomic E-state index is 0.234. The summed E-state index contributed by atoms with van der Waals surface area (Å²) < 4.78 is 2.63. The fraction of sp³-hybridized carbons (Fsp3) is 0.531. The number of fused-ring (bicyclic) bond motifs is 1. The van der Waals surface area contributed by atoms with E-state index in [1.165, 1.54) is 79.0 Å². The number of aromatic nitrogens is 1. The number of carbonyl (C=O) groups excluding carboxylic acids is 1. The summed E-state index contributed by atoms with van der Waals surface area (Å²) in [7, 11) is 0. The van der Waals surface area contributed by atoms with Gasteiger partial charge in [0.15, 0.2) is 0 Å². The first-order chi connectivity index (χ1) is 17.1. The molecule has 1 atom stereocenters. The molecule has 0 N–H and O–H groups in total. The van der Waals surface area contributed by atoms with Crippen molar-refractivity contribution in [2.45, 2.75) is 90.0 Å². The van der Waals surface area contributed by atoms with Crippen LogP contribution in [0, 0.1) is 12.8 Å². The number of hydrogen-bond donors (Lipinski definition) is 0. The number of nitrogens with zero attached hydrogens (tertiary/aromatic N) is 2. The van der Waals surface area contributed by atoms with Crippen LogP contribution in [0.15, 0.2) is 54.7 Å². The molecule has 1 saturated carbocycles. The van der Waals surface area contributed by atoms with Crippen LogP contribution in [0.2, 0.25) is 0 Å². The number of carbonyl (C=O) groups is 1. The quantitative estimate of drug-likeness (QED) is 0.343. The Morgan fingerprint density at radius 1 is 0.971 bits per heavy atom. The molecule has 3 nitrogen and oxygen atoms in total. The van der Waals surface area contributed by atoms with E-state index in [0.717, 1.165) is 31.8 Å². The number of para-hydroxylation sites is 1. The molecule has 5 rings (SSSR count). The lowest BCUT2D eigenvalue weighted by Crippen LogP contribution is -2.36. The van der Waals surface area contributed by atoms with E-state index in [1.807, 2.05) is 4.90 Å². The molecule has 1 saturated heterocycles. The van der Waals surface area contributed by atoms with Crippen LogP contribution < -0.4 is 0 Å². The summed E-state index contributed by atoms with van der Waals surface area (Å²) in [6.45, 7) is 5.80. The summed E-state index contributed by atoms with van der Waals surface area (Å²) in [5, 5.41) is 1.44. The minimum Gasteiger partial charge on any atom is -0.344 e. The first-order valence-electron chi connectivity index (χ1n) is 14.0. The number of hydrogen-bond acceptors (Lipinski definition) is 1. The van der Waals surface area contributed by atoms with Crippen LogP contribution in [0.25, 0.3) is 10.9 Å². The van der Waals surface area contributed by atoms with E-state index in [1.54, 1.807) is 6.92 Å². The second kappa shape index (κ2) is 11.0. The monoisotopic (exact) mass is 470 g/mol. The molecule has 2 heterocycles. The van der Waals surface area contributed by atoms with E-state index < -0.39 is 0 Å². The zero-order chi connectivity index (χ0) is 24.2. The molecule has 0 bridgehead atoms. The third kappa shape index (κ3) is 5.50. The molecule has 0 radical (unpaired) electrons. The molecular weight excluding hydrogens is 428 g/mol. The van der Waals surface area contributed by atoms with Crippen molar-refractivity contribution >= 4 is 16.8 Å². The van der Waals surface area contributed by atoms with E-state index in [4.69, 9.17) is 0 Å². The lowest BCUT2D eigenvalue weighted by molar-refractivity contribution is -0.130. The Labute approximate surface area is 211 Å². The zero-order valence-corrected chi connectivity index (χ0v) is 21.7. The van der Waals surface area contributed by atoms with Crippen LogP contribution in [-0.2, 0) is 4.79 Å². The average molecular weight is 471 g/mol. The molecule has 186 valence electrons. The fourth-order valence-electron chi connectivity index (χ4n) is 6.71. The summed E-state index contributed by atoms with van der Waals surface area (Å²) >= 11 is 0. The highest BCUT2D eigenvalue weighted by Gasteiger charge is 2.25. The Morgan fingerprint density at radius 2 is 1.74 bits per heavy atom. The second-order valence-corrected chi connectivity index (χ2v) is 11.1. The van der Waals surface area contributed by atoms with Crippen molar-refractivity contribution in [1.82, 2.24) is 9.47 Å². The molecule has 35 heavy (non-hydrogen) atoms. The number of piperidine rings is 1. The SMILES string of the molecule is CC(=O)N1CCC(CCCC(c2cccc(C)c2)c2cn(C3CCCCC3)c3ccccc23)CC1. The maximum absolute atomic E-state index is 11.7. The van der Waals surface area contributed by atoms with Crippen LogP contribution in [0.5, 0.6) is 0 Å². The van der Waals surface area contributed by atoms with Crippen molar-refractivity contribution in [2.24, 2.45) is 5.92 Å². The van der Waals surface area contributed by atoms with Gasteiger partial charge in [0.05, 0.1) is 0 Å². The highest BCUT2D eigenvalue weighted by atomic mass is 16.2. The van der Waals surface area contributed by atoms with Gasteiger partial charge in [-0.15, -0.1) is 0 Å². The lowest BCUT2D eigenvalue weighted by atomic mass is 9.84. The fourth-order valence-corrected chi connectivity index (χ4v) is 6.71. The first-order valence-corrected chi connectivity index (χ1v) is 14.0. The third-order valence-electron chi connectivity index (χ3n) is 8.72. The van der Waals surface area contributed by atoms with Gasteiger partial charge in [-0.2, -0.15) is 0 Å². The van der Waals surface area contributed by atoms with E-state index in [0.29, 0.717) is 12.0 Å². The van der Waals surface area contributed by atoms with Crippen molar-refractivity contribution in [1.29, 1.82) is 0 Å². The van der Waals surface area contributed by atoms with Crippen molar-refractivity contribution in [3.05, 3.63) is 71.4 Å². The van der Waals surface area contributed by atoms with Crippen LogP contribution in [0.4, 0.5) is 0 Å². The van der Waals surface area contributed by atoms with Crippen LogP contribution >= 0.6 is 0 Å². The van der Waals surface area contributed by atoms with Gasteiger partial charge in [-0.1, -0.05) is 80.1 Å². The van der Waals surface area contributed by atoms with Gasteiger partial charge in [0.25, 0.3) is 0 Å². The number of benzene rings is 2. The standard InChI is InChI=1S/C32H42N2O/c1-24-10-8-12-27(22-24)29(16-9-11-26-18-20-33(21-19-26)25(2)35)31-23-34(28-13-4-3-5-14-28)32-17-7-6-15-30(31)32/h6-8,10,12,15,17,22-23,26,28-29H,3-5,9,11,13-14,16,18-21H2,1-2H3. The van der Waals surface area contributed by atoms with Crippen LogP contribution in [0.1, 0.15) is 99.8 Å². The van der Waals surface area contributed by atoms with Crippen molar-refractivity contribution in [3.63, 3.8) is 0 Å².